The minimum atomic E-state index is -5.08. The van der Waals surface area contributed by atoms with E-state index in [1.54, 1.807) is 33.8 Å². The Hall–Kier alpha value is -4.50. The van der Waals surface area contributed by atoms with Gasteiger partial charge in [-0.2, -0.15) is 13.2 Å². The predicted molar refractivity (Wildman–Crippen MR) is 144 cm³/mol. The highest BCUT2D eigenvalue weighted by Gasteiger charge is 2.61. The van der Waals surface area contributed by atoms with E-state index in [1.165, 1.54) is 29.2 Å². The molecule has 1 saturated heterocycles. The molecule has 0 aromatic heterocycles. The van der Waals surface area contributed by atoms with Crippen LogP contribution in [0, 0.1) is 21.4 Å². The average molecular weight is 631 g/mol. The molecule has 1 aromatic rings. The van der Waals surface area contributed by atoms with Crippen LogP contribution in [-0.2, 0) is 28.6 Å². The fourth-order valence-corrected chi connectivity index (χ4v) is 4.51. The Kier molecular flexibility index (Phi) is 11.2. The Bertz CT molecular complexity index is 1290. The van der Waals surface area contributed by atoms with Crippen molar-refractivity contribution in [2.75, 3.05) is 13.2 Å². The summed E-state index contributed by atoms with van der Waals surface area (Å²) in [5.41, 5.74) is -1.92. The first-order valence-corrected chi connectivity index (χ1v) is 13.3. The highest BCUT2D eigenvalue weighted by atomic mass is 19.4. The molecule has 0 unspecified atom stereocenters. The molecule has 242 valence electrons. The summed E-state index contributed by atoms with van der Waals surface area (Å²) >= 11 is 0. The van der Waals surface area contributed by atoms with Crippen molar-refractivity contribution in [3.63, 3.8) is 0 Å². The van der Waals surface area contributed by atoms with Gasteiger partial charge in [0, 0.05) is 25.0 Å². The van der Waals surface area contributed by atoms with Gasteiger partial charge in [0.25, 0.3) is 5.69 Å². The number of halogens is 3. The summed E-state index contributed by atoms with van der Waals surface area (Å²) < 4.78 is 47.9. The summed E-state index contributed by atoms with van der Waals surface area (Å²) in [6.07, 6.45) is -4.71. The largest absolute Gasteiger partial charge is 0.490 e. The fraction of sp³-hybridized carbons (Fsp3) is 0.536. The number of non-ortho nitro benzene ring substituents is 1. The van der Waals surface area contributed by atoms with Crippen LogP contribution >= 0.6 is 0 Å². The van der Waals surface area contributed by atoms with E-state index in [-0.39, 0.29) is 48.9 Å². The molecule has 1 amide bonds. The number of hydrogen-bond donors (Lipinski definition) is 1. The number of esters is 2. The lowest BCUT2D eigenvalue weighted by atomic mass is 9.92. The molecule has 13 nitrogen and oxygen atoms in total. The number of aliphatic carboxylic acids is 1. The second-order valence-corrected chi connectivity index (χ2v) is 11.1. The number of Topliss-reactive ketones (excluding diaryl/α,β-unsaturated/α-hetero) is 1. The molecule has 0 radical (unpaired) electrons. The SMILES string of the molecule is C=C[C@@H]1C[C@]1(CC(=O)[C@@H]1C[C@H](OC(=O)c2ccc([N+](=O)[O-])cc2)CN1C(=O)OC(C)(C)C)C(=O)OCC.O=C(O)C(F)(F)F. The summed E-state index contributed by atoms with van der Waals surface area (Å²) in [6.45, 7) is 10.6. The molecule has 16 heteroatoms. The number of ether oxygens (including phenoxy) is 3. The smallest absolute Gasteiger partial charge is 0.475 e. The van der Waals surface area contributed by atoms with Gasteiger partial charge >= 0.3 is 30.2 Å². The minimum absolute atomic E-state index is 0.0223. The van der Waals surface area contributed by atoms with Gasteiger partial charge < -0.3 is 19.3 Å². The van der Waals surface area contributed by atoms with E-state index < -0.39 is 58.3 Å². The molecule has 1 saturated carbocycles. The molecule has 1 heterocycles. The average Bonchev–Trinajstić information content (AvgIpc) is 3.46. The van der Waals surface area contributed by atoms with Crippen LogP contribution in [0.15, 0.2) is 36.9 Å². The Morgan fingerprint density at radius 3 is 2.16 bits per heavy atom. The highest BCUT2D eigenvalue weighted by molar-refractivity contribution is 5.94. The number of carbonyl (C=O) groups excluding carboxylic acids is 4. The molecule has 0 spiro atoms. The molecule has 1 aliphatic carbocycles. The first-order chi connectivity index (χ1) is 20.3. The lowest BCUT2D eigenvalue weighted by molar-refractivity contribution is -0.384. The van der Waals surface area contributed by atoms with Gasteiger partial charge in [0.15, 0.2) is 5.78 Å². The van der Waals surface area contributed by atoms with Crippen molar-refractivity contribution < 1.29 is 61.4 Å². The van der Waals surface area contributed by atoms with E-state index in [4.69, 9.17) is 24.1 Å². The van der Waals surface area contributed by atoms with Crippen LogP contribution in [0.25, 0.3) is 0 Å². The minimum Gasteiger partial charge on any atom is -0.475 e. The zero-order valence-electron chi connectivity index (χ0n) is 24.4. The van der Waals surface area contributed by atoms with Gasteiger partial charge in [0.05, 0.1) is 35.1 Å². The van der Waals surface area contributed by atoms with Crippen molar-refractivity contribution in [2.24, 2.45) is 11.3 Å². The quantitative estimate of drug-likeness (QED) is 0.134. The number of benzene rings is 1. The lowest BCUT2D eigenvalue weighted by Gasteiger charge is -2.28. The number of carboxylic acids is 1. The van der Waals surface area contributed by atoms with Gasteiger partial charge in [-0.05, 0) is 52.2 Å². The van der Waals surface area contributed by atoms with Crippen LogP contribution in [0.5, 0.6) is 0 Å². The third kappa shape index (κ3) is 9.25. The van der Waals surface area contributed by atoms with Gasteiger partial charge in [-0.25, -0.2) is 14.4 Å². The number of nitro groups is 1. The number of rotatable bonds is 9. The molecule has 4 atom stereocenters. The standard InChI is InChI=1S/C26H32N2O9.C2HF3O2/c1-6-17-13-26(17,23(31)35-7-2)14-21(29)20-12-19(15-27(20)24(32)37-25(3,4)5)36-22(30)16-8-10-18(11-9-16)28(33)34;3-2(4,5)1(6)7/h6,8-11,17,19-20H,1,7,12-15H2,2-5H3;(H,6,7)/t17-,19+,20+,26-;/m1./s1. The number of hydrogen-bond acceptors (Lipinski definition) is 10. The Labute approximate surface area is 250 Å². The zero-order chi connectivity index (χ0) is 33.6. The van der Waals surface area contributed by atoms with E-state index in [2.05, 4.69) is 6.58 Å². The highest BCUT2D eigenvalue weighted by Crippen LogP contribution is 2.57. The third-order valence-corrected chi connectivity index (χ3v) is 6.68. The van der Waals surface area contributed by atoms with E-state index in [0.717, 1.165) is 0 Å². The molecule has 2 fully saturated rings. The van der Waals surface area contributed by atoms with Crippen molar-refractivity contribution in [3.05, 3.63) is 52.6 Å². The molecule has 1 aliphatic heterocycles. The van der Waals surface area contributed by atoms with Crippen molar-refractivity contribution in [1.82, 2.24) is 4.90 Å². The number of amides is 1. The number of alkyl halides is 3. The first kappa shape index (κ1) is 35.7. The normalized spacial score (nSPS) is 22.5. The van der Waals surface area contributed by atoms with E-state index in [0.29, 0.717) is 6.42 Å². The Balaban J connectivity index is 0.000000860. The van der Waals surface area contributed by atoms with Crippen LogP contribution in [0.4, 0.5) is 23.7 Å². The molecular formula is C28H33F3N2O11. The van der Waals surface area contributed by atoms with Crippen LogP contribution in [0.2, 0.25) is 0 Å². The van der Waals surface area contributed by atoms with Crippen LogP contribution in [-0.4, -0.2) is 81.8 Å². The van der Waals surface area contributed by atoms with Crippen molar-refractivity contribution >= 4 is 35.5 Å². The van der Waals surface area contributed by atoms with Gasteiger partial charge in [-0.3, -0.25) is 24.6 Å². The molecular weight excluding hydrogens is 597 g/mol. The summed E-state index contributed by atoms with van der Waals surface area (Å²) in [7, 11) is 0. The van der Waals surface area contributed by atoms with Gasteiger partial charge in [0.2, 0.25) is 0 Å². The number of likely N-dealkylation sites (tertiary alicyclic amines) is 1. The number of nitro benzene ring substituents is 1. The summed E-state index contributed by atoms with van der Waals surface area (Å²) in [4.78, 5) is 72.1. The maximum absolute atomic E-state index is 13.5. The maximum Gasteiger partial charge on any atom is 0.490 e. The second-order valence-electron chi connectivity index (χ2n) is 11.1. The number of ketones is 1. The molecule has 44 heavy (non-hydrogen) atoms. The third-order valence-electron chi connectivity index (χ3n) is 6.68. The maximum atomic E-state index is 13.5. The number of nitrogens with zero attached hydrogens (tertiary/aromatic N) is 2. The molecule has 3 rings (SSSR count). The monoisotopic (exact) mass is 630 g/mol. The summed E-state index contributed by atoms with van der Waals surface area (Å²) in [5.74, 6) is -4.54. The fourth-order valence-electron chi connectivity index (χ4n) is 4.51. The summed E-state index contributed by atoms with van der Waals surface area (Å²) in [6, 6.07) is 3.95. The van der Waals surface area contributed by atoms with Crippen LogP contribution in [0.1, 0.15) is 57.3 Å². The van der Waals surface area contributed by atoms with Crippen molar-refractivity contribution in [2.45, 2.75) is 70.9 Å². The number of carbonyl (C=O) groups is 5. The van der Waals surface area contributed by atoms with E-state index >= 15 is 0 Å². The first-order valence-electron chi connectivity index (χ1n) is 13.3. The van der Waals surface area contributed by atoms with Gasteiger partial charge in [-0.15, -0.1) is 6.58 Å². The second kappa shape index (κ2) is 13.9. The van der Waals surface area contributed by atoms with Crippen molar-refractivity contribution in [1.29, 1.82) is 0 Å². The van der Waals surface area contributed by atoms with E-state index in [1.807, 2.05) is 0 Å². The van der Waals surface area contributed by atoms with Crippen LogP contribution in [0.3, 0.4) is 0 Å². The Morgan fingerprint density at radius 1 is 1.16 bits per heavy atom. The molecule has 1 aromatic carbocycles. The molecule has 1 N–H and O–H groups in total. The Morgan fingerprint density at radius 2 is 1.73 bits per heavy atom. The number of carboxylic acid groups (broad SMARTS) is 1. The lowest BCUT2D eigenvalue weighted by Crippen LogP contribution is -2.44. The summed E-state index contributed by atoms with van der Waals surface area (Å²) in [5, 5.41) is 18.0. The topological polar surface area (TPSA) is 180 Å². The van der Waals surface area contributed by atoms with Crippen molar-refractivity contribution in [3.8, 4) is 0 Å². The predicted octanol–water partition coefficient (Wildman–Crippen LogP) is 4.48. The molecule has 0 bridgehead atoms. The van der Waals surface area contributed by atoms with E-state index in [9.17, 15) is 42.5 Å². The zero-order valence-corrected chi connectivity index (χ0v) is 24.4. The van der Waals surface area contributed by atoms with Crippen LogP contribution < -0.4 is 0 Å². The molecule has 2 aliphatic rings. The van der Waals surface area contributed by atoms with Gasteiger partial charge in [0.1, 0.15) is 11.7 Å². The number of allylic oxidation sites excluding steroid dienone is 1. The van der Waals surface area contributed by atoms with Gasteiger partial charge in [-0.1, -0.05) is 6.08 Å².